The predicted molar refractivity (Wildman–Crippen MR) is 57.6 cm³/mol. The highest BCUT2D eigenvalue weighted by molar-refractivity contribution is 5.90. The van der Waals surface area contributed by atoms with Crippen LogP contribution in [0.25, 0.3) is 0 Å². The van der Waals surface area contributed by atoms with Gasteiger partial charge < -0.3 is 15.2 Å². The summed E-state index contributed by atoms with van der Waals surface area (Å²) in [7, 11) is 1.52. The number of benzene rings is 1. The van der Waals surface area contributed by atoms with E-state index in [1.54, 1.807) is 6.92 Å². The minimum absolute atomic E-state index is 0.0748. The quantitative estimate of drug-likeness (QED) is 0.627. The zero-order chi connectivity index (χ0) is 12.1. The molecule has 4 nitrogen and oxygen atoms in total. The highest BCUT2D eigenvalue weighted by Crippen LogP contribution is 2.13. The fraction of sp³-hybridized carbons (Fsp3) is 0.364. The van der Waals surface area contributed by atoms with Gasteiger partial charge in [-0.25, -0.2) is 9.18 Å². The zero-order valence-electron chi connectivity index (χ0n) is 9.20. The first-order chi connectivity index (χ1) is 7.54. The third-order valence-corrected chi connectivity index (χ3v) is 2.08. The van der Waals surface area contributed by atoms with Crippen LogP contribution in [0.2, 0.25) is 0 Å². The molecule has 0 aliphatic rings. The third-order valence-electron chi connectivity index (χ3n) is 2.08. The summed E-state index contributed by atoms with van der Waals surface area (Å²) in [5, 5.41) is 0. The first-order valence-electron chi connectivity index (χ1n) is 4.79. The Bertz CT molecular complexity index is 381. The van der Waals surface area contributed by atoms with Gasteiger partial charge in [-0.2, -0.15) is 0 Å². The first-order valence-corrected chi connectivity index (χ1v) is 4.79. The molecule has 1 rings (SSSR count). The molecule has 0 saturated carbocycles. The van der Waals surface area contributed by atoms with Crippen LogP contribution in [0.4, 0.5) is 10.1 Å². The van der Waals surface area contributed by atoms with E-state index in [0.717, 1.165) is 6.07 Å². The van der Waals surface area contributed by atoms with Crippen molar-refractivity contribution >= 4 is 11.7 Å². The maximum absolute atomic E-state index is 12.8. The van der Waals surface area contributed by atoms with E-state index in [0.29, 0.717) is 0 Å². The molecule has 0 heterocycles. The van der Waals surface area contributed by atoms with Crippen LogP contribution in [0.5, 0.6) is 0 Å². The van der Waals surface area contributed by atoms with Gasteiger partial charge in [-0.15, -0.1) is 0 Å². The molecule has 0 spiro atoms. The first kappa shape index (κ1) is 12.4. The number of anilines is 1. The molecule has 0 fully saturated rings. The summed E-state index contributed by atoms with van der Waals surface area (Å²) >= 11 is 0. The van der Waals surface area contributed by atoms with Crippen molar-refractivity contribution in [2.45, 2.75) is 13.0 Å². The normalized spacial score (nSPS) is 12.2. The molecule has 0 aliphatic heterocycles. The van der Waals surface area contributed by atoms with Crippen LogP contribution in [-0.4, -0.2) is 25.8 Å². The van der Waals surface area contributed by atoms with Gasteiger partial charge in [0, 0.05) is 7.11 Å². The number of carbonyl (C=O) groups is 1. The standard InChI is InChI=1S/C11H14FNO3/c1-7(15-2)6-16-11(14)8-3-4-9(12)10(13)5-8/h3-5,7H,6,13H2,1-2H3. The fourth-order valence-corrected chi connectivity index (χ4v) is 1.02. The van der Waals surface area contributed by atoms with E-state index in [9.17, 15) is 9.18 Å². The van der Waals surface area contributed by atoms with Crippen LogP contribution in [0.1, 0.15) is 17.3 Å². The fourth-order valence-electron chi connectivity index (χ4n) is 1.02. The lowest BCUT2D eigenvalue weighted by molar-refractivity contribution is 0.0169. The van der Waals surface area contributed by atoms with Crippen molar-refractivity contribution < 1.29 is 18.7 Å². The topological polar surface area (TPSA) is 61.5 Å². The highest BCUT2D eigenvalue weighted by atomic mass is 19.1. The molecule has 1 atom stereocenters. The molecule has 0 bridgehead atoms. The number of carbonyl (C=O) groups excluding carboxylic acids is 1. The molecule has 16 heavy (non-hydrogen) atoms. The molecule has 88 valence electrons. The second-order valence-electron chi connectivity index (χ2n) is 3.38. The van der Waals surface area contributed by atoms with Crippen molar-refractivity contribution in [3.8, 4) is 0 Å². The number of nitrogen functional groups attached to an aromatic ring is 1. The van der Waals surface area contributed by atoms with E-state index < -0.39 is 11.8 Å². The Hall–Kier alpha value is -1.62. The Balaban J connectivity index is 2.63. The van der Waals surface area contributed by atoms with E-state index in [1.165, 1.54) is 19.2 Å². The Morgan fingerprint density at radius 3 is 2.81 bits per heavy atom. The molecule has 0 aromatic heterocycles. The van der Waals surface area contributed by atoms with E-state index in [4.69, 9.17) is 15.2 Å². The average Bonchev–Trinajstić information content (AvgIpc) is 2.29. The van der Waals surface area contributed by atoms with Crippen LogP contribution in [0, 0.1) is 5.82 Å². The third kappa shape index (κ3) is 3.20. The van der Waals surface area contributed by atoms with Gasteiger partial charge in [0.25, 0.3) is 0 Å². The van der Waals surface area contributed by atoms with Crippen molar-refractivity contribution in [1.29, 1.82) is 0 Å². The number of rotatable bonds is 4. The number of methoxy groups -OCH3 is 1. The number of nitrogens with two attached hydrogens (primary N) is 1. The van der Waals surface area contributed by atoms with Crippen LogP contribution in [0.3, 0.4) is 0 Å². The summed E-state index contributed by atoms with van der Waals surface area (Å²) in [6, 6.07) is 3.70. The Labute approximate surface area is 93.2 Å². The molecule has 1 aromatic rings. The average molecular weight is 227 g/mol. The lowest BCUT2D eigenvalue weighted by Crippen LogP contribution is -2.17. The van der Waals surface area contributed by atoms with Gasteiger partial charge in [0.15, 0.2) is 0 Å². The van der Waals surface area contributed by atoms with Gasteiger partial charge in [-0.05, 0) is 25.1 Å². The molecule has 0 aliphatic carbocycles. The maximum atomic E-state index is 12.8. The van der Waals surface area contributed by atoms with Crippen molar-refractivity contribution in [2.75, 3.05) is 19.5 Å². The molecular formula is C11H14FNO3. The Morgan fingerprint density at radius 1 is 1.56 bits per heavy atom. The van der Waals surface area contributed by atoms with Gasteiger partial charge in [0.2, 0.25) is 0 Å². The summed E-state index contributed by atoms with van der Waals surface area (Å²) < 4.78 is 22.7. The van der Waals surface area contributed by atoms with E-state index >= 15 is 0 Å². The summed E-state index contributed by atoms with van der Waals surface area (Å²) in [4.78, 5) is 11.5. The maximum Gasteiger partial charge on any atom is 0.338 e. The summed E-state index contributed by atoms with van der Waals surface area (Å²) in [6.07, 6.45) is -0.179. The zero-order valence-corrected chi connectivity index (χ0v) is 9.20. The number of hydrogen-bond donors (Lipinski definition) is 1. The molecule has 2 N–H and O–H groups in total. The van der Waals surface area contributed by atoms with Gasteiger partial charge in [0.1, 0.15) is 12.4 Å². The largest absolute Gasteiger partial charge is 0.459 e. The predicted octanol–water partition coefficient (Wildman–Crippen LogP) is 1.60. The number of ether oxygens (including phenoxy) is 2. The van der Waals surface area contributed by atoms with Crippen LogP contribution in [0.15, 0.2) is 18.2 Å². The monoisotopic (exact) mass is 227 g/mol. The van der Waals surface area contributed by atoms with Crippen molar-refractivity contribution in [1.82, 2.24) is 0 Å². The lowest BCUT2D eigenvalue weighted by atomic mass is 10.2. The SMILES string of the molecule is COC(C)COC(=O)c1ccc(F)c(N)c1. The molecule has 0 saturated heterocycles. The number of hydrogen-bond acceptors (Lipinski definition) is 4. The summed E-state index contributed by atoms with van der Waals surface area (Å²) in [6.45, 7) is 1.92. The Morgan fingerprint density at radius 2 is 2.25 bits per heavy atom. The second-order valence-corrected chi connectivity index (χ2v) is 3.38. The van der Waals surface area contributed by atoms with Crippen molar-refractivity contribution in [3.05, 3.63) is 29.6 Å². The minimum Gasteiger partial charge on any atom is -0.459 e. The van der Waals surface area contributed by atoms with Crippen molar-refractivity contribution in [2.24, 2.45) is 0 Å². The van der Waals surface area contributed by atoms with Crippen LogP contribution in [-0.2, 0) is 9.47 Å². The molecular weight excluding hydrogens is 213 g/mol. The van der Waals surface area contributed by atoms with Crippen molar-refractivity contribution in [3.63, 3.8) is 0 Å². The second kappa shape index (κ2) is 5.46. The smallest absolute Gasteiger partial charge is 0.338 e. The molecule has 1 unspecified atom stereocenters. The minimum atomic E-state index is -0.554. The summed E-state index contributed by atoms with van der Waals surface area (Å²) in [5.41, 5.74) is 5.48. The van der Waals surface area contributed by atoms with Gasteiger partial charge in [0.05, 0.1) is 17.4 Å². The van der Waals surface area contributed by atoms with E-state index in [2.05, 4.69) is 0 Å². The summed E-state index contributed by atoms with van der Waals surface area (Å²) in [5.74, 6) is -1.10. The molecule has 1 aromatic carbocycles. The van der Waals surface area contributed by atoms with Gasteiger partial charge in [-0.3, -0.25) is 0 Å². The van der Waals surface area contributed by atoms with Crippen LogP contribution >= 0.6 is 0 Å². The Kier molecular flexibility index (Phi) is 4.25. The van der Waals surface area contributed by atoms with Gasteiger partial charge in [-0.1, -0.05) is 0 Å². The van der Waals surface area contributed by atoms with E-state index in [1.807, 2.05) is 0 Å². The highest BCUT2D eigenvalue weighted by Gasteiger charge is 2.11. The molecule has 0 radical (unpaired) electrons. The van der Waals surface area contributed by atoms with E-state index in [-0.39, 0.29) is 24.0 Å². The number of halogens is 1. The van der Waals surface area contributed by atoms with Gasteiger partial charge >= 0.3 is 5.97 Å². The number of esters is 1. The molecule has 5 heteroatoms. The molecule has 0 amide bonds. The lowest BCUT2D eigenvalue weighted by Gasteiger charge is -2.10. The van der Waals surface area contributed by atoms with Crippen LogP contribution < -0.4 is 5.73 Å².